The largest absolute Gasteiger partial charge is 0.368 e. The van der Waals surface area contributed by atoms with Gasteiger partial charge in [-0.05, 0) is 27.1 Å². The smallest absolute Gasteiger partial charge is 0.242 e. The highest BCUT2D eigenvalue weighted by molar-refractivity contribution is 5.85. The van der Waals surface area contributed by atoms with E-state index >= 15 is 0 Å². The van der Waals surface area contributed by atoms with Crippen molar-refractivity contribution in [1.29, 1.82) is 0 Å². The Kier molecular flexibility index (Phi) is 4.97. The Morgan fingerprint density at radius 3 is 2.53 bits per heavy atom. The molecule has 0 aliphatic carbocycles. The van der Waals surface area contributed by atoms with Crippen LogP contribution in [-0.4, -0.2) is 38.0 Å². The van der Waals surface area contributed by atoms with Crippen molar-refractivity contribution in [2.75, 3.05) is 27.2 Å². The van der Waals surface area contributed by atoms with Crippen molar-refractivity contribution in [1.82, 2.24) is 10.2 Å². The fourth-order valence-electron chi connectivity index (χ4n) is 1.74. The lowest BCUT2D eigenvalue weighted by Crippen LogP contribution is -2.52. The third-order valence-corrected chi connectivity index (χ3v) is 3.00. The molecule has 1 rings (SSSR count). The first kappa shape index (κ1) is 15.5. The van der Waals surface area contributed by atoms with Crippen LogP contribution >= 0.6 is 0 Å². The fraction of sp³-hybridized carbons (Fsp3) is 0.462. The van der Waals surface area contributed by atoms with Gasteiger partial charge in [0.25, 0.3) is 0 Å². The Morgan fingerprint density at radius 2 is 2.05 bits per heavy atom. The monoisotopic (exact) mass is 271 g/mol. The topological polar surface area (TPSA) is 58.4 Å². The van der Waals surface area contributed by atoms with Crippen LogP contribution < -0.4 is 11.1 Å². The number of nitrogens with one attached hydrogen (secondary N) is 1. The molecule has 0 aliphatic heterocycles. The molecular weight excluding hydrogens is 252 g/mol. The number of nitrogens with zero attached hydrogens (tertiary/aromatic N) is 1. The third kappa shape index (κ3) is 3.71. The van der Waals surface area contributed by atoms with Gasteiger partial charge in [0.1, 0.15) is 17.2 Å². The van der Waals surface area contributed by atoms with Crippen LogP contribution in [0.2, 0.25) is 0 Å². The molecule has 4 nitrogen and oxygen atoms in total. The van der Waals surface area contributed by atoms with Gasteiger partial charge in [0, 0.05) is 24.7 Å². The number of nitrogens with two attached hydrogens (primary N) is 1. The first-order valence-electron chi connectivity index (χ1n) is 5.92. The maximum absolute atomic E-state index is 13.8. The minimum Gasteiger partial charge on any atom is -0.368 e. The molecule has 19 heavy (non-hydrogen) atoms. The van der Waals surface area contributed by atoms with E-state index in [1.807, 2.05) is 19.0 Å². The Morgan fingerprint density at radius 1 is 1.42 bits per heavy atom. The van der Waals surface area contributed by atoms with E-state index in [2.05, 4.69) is 5.32 Å². The molecule has 0 aliphatic rings. The molecule has 1 aromatic carbocycles. The molecule has 0 spiro atoms. The van der Waals surface area contributed by atoms with Crippen LogP contribution in [0, 0.1) is 11.6 Å². The van der Waals surface area contributed by atoms with Crippen LogP contribution in [0.15, 0.2) is 18.2 Å². The minimum atomic E-state index is -1.37. The van der Waals surface area contributed by atoms with Crippen LogP contribution in [0.3, 0.4) is 0 Å². The highest BCUT2D eigenvalue weighted by Gasteiger charge is 2.35. The molecule has 1 unspecified atom stereocenters. The van der Waals surface area contributed by atoms with E-state index in [0.29, 0.717) is 13.1 Å². The molecule has 0 radical (unpaired) electrons. The maximum Gasteiger partial charge on any atom is 0.242 e. The lowest BCUT2D eigenvalue weighted by Gasteiger charge is -2.29. The number of primary amides is 1. The Balaban J connectivity index is 3.01. The summed E-state index contributed by atoms with van der Waals surface area (Å²) < 4.78 is 26.7. The Labute approximate surface area is 111 Å². The third-order valence-electron chi connectivity index (χ3n) is 3.00. The molecule has 0 saturated heterocycles. The summed E-state index contributed by atoms with van der Waals surface area (Å²) in [6.07, 6.45) is 0. The van der Waals surface area contributed by atoms with Crippen molar-refractivity contribution in [2.24, 2.45) is 5.73 Å². The molecule has 106 valence electrons. The first-order valence-corrected chi connectivity index (χ1v) is 5.92. The maximum atomic E-state index is 13.8. The van der Waals surface area contributed by atoms with E-state index in [0.717, 1.165) is 12.1 Å². The van der Waals surface area contributed by atoms with Crippen LogP contribution in [0.5, 0.6) is 0 Å². The second-order valence-electron chi connectivity index (χ2n) is 4.84. The molecule has 6 heteroatoms. The molecule has 0 bridgehead atoms. The van der Waals surface area contributed by atoms with Crippen LogP contribution in [0.4, 0.5) is 8.78 Å². The second-order valence-corrected chi connectivity index (χ2v) is 4.84. The summed E-state index contributed by atoms with van der Waals surface area (Å²) in [4.78, 5) is 13.5. The lowest BCUT2D eigenvalue weighted by atomic mass is 9.90. The summed E-state index contributed by atoms with van der Waals surface area (Å²) in [5.41, 5.74) is 4.03. The summed E-state index contributed by atoms with van der Waals surface area (Å²) in [6.45, 7) is 2.59. The average molecular weight is 271 g/mol. The molecule has 1 atom stereocenters. The van der Waals surface area contributed by atoms with Crippen molar-refractivity contribution in [2.45, 2.75) is 12.5 Å². The summed E-state index contributed by atoms with van der Waals surface area (Å²) in [5.74, 6) is -2.20. The summed E-state index contributed by atoms with van der Waals surface area (Å²) in [7, 11) is 3.75. The van der Waals surface area contributed by atoms with Crippen LogP contribution in [0.1, 0.15) is 12.5 Å². The predicted molar refractivity (Wildman–Crippen MR) is 69.5 cm³/mol. The summed E-state index contributed by atoms with van der Waals surface area (Å²) in [6, 6.07) is 3.08. The number of likely N-dealkylation sites (N-methyl/N-ethyl adjacent to an activating group) is 1. The average Bonchev–Trinajstić information content (AvgIpc) is 2.27. The zero-order valence-corrected chi connectivity index (χ0v) is 11.3. The van der Waals surface area contributed by atoms with E-state index in [-0.39, 0.29) is 5.56 Å². The van der Waals surface area contributed by atoms with Gasteiger partial charge < -0.3 is 10.6 Å². The fourth-order valence-corrected chi connectivity index (χ4v) is 1.74. The van der Waals surface area contributed by atoms with E-state index in [1.54, 1.807) is 0 Å². The zero-order valence-electron chi connectivity index (χ0n) is 11.3. The SMILES string of the molecule is CN(C)CCNC(C)(C(N)=O)c1ccc(F)cc1F. The molecule has 0 fully saturated rings. The number of carbonyl (C=O) groups is 1. The van der Waals surface area contributed by atoms with Crippen molar-refractivity contribution in [3.8, 4) is 0 Å². The molecule has 0 aromatic heterocycles. The number of amides is 1. The molecule has 1 amide bonds. The normalized spacial score (nSPS) is 14.4. The van der Waals surface area contributed by atoms with Gasteiger partial charge >= 0.3 is 0 Å². The van der Waals surface area contributed by atoms with Gasteiger partial charge in [-0.15, -0.1) is 0 Å². The van der Waals surface area contributed by atoms with E-state index < -0.39 is 23.1 Å². The number of halogens is 2. The van der Waals surface area contributed by atoms with Gasteiger partial charge in [-0.1, -0.05) is 6.07 Å². The second kappa shape index (κ2) is 6.08. The molecular formula is C13H19F2N3O. The number of benzene rings is 1. The van der Waals surface area contributed by atoms with Crippen molar-refractivity contribution in [3.05, 3.63) is 35.4 Å². The number of carbonyl (C=O) groups excluding carboxylic acids is 1. The van der Waals surface area contributed by atoms with Gasteiger partial charge in [0.2, 0.25) is 5.91 Å². The van der Waals surface area contributed by atoms with E-state index in [4.69, 9.17) is 5.73 Å². The molecule has 0 heterocycles. The van der Waals surface area contributed by atoms with Gasteiger partial charge in [-0.3, -0.25) is 10.1 Å². The molecule has 1 aromatic rings. The van der Waals surface area contributed by atoms with Gasteiger partial charge in [-0.2, -0.15) is 0 Å². The Hall–Kier alpha value is -1.53. The predicted octanol–water partition coefficient (Wildman–Crippen LogP) is 0.817. The van der Waals surface area contributed by atoms with Crippen LogP contribution in [0.25, 0.3) is 0 Å². The number of hydrogen-bond donors (Lipinski definition) is 2. The van der Waals surface area contributed by atoms with E-state index in [9.17, 15) is 13.6 Å². The zero-order chi connectivity index (χ0) is 14.6. The molecule has 0 saturated carbocycles. The van der Waals surface area contributed by atoms with E-state index in [1.165, 1.54) is 13.0 Å². The van der Waals surface area contributed by atoms with Crippen molar-refractivity contribution in [3.63, 3.8) is 0 Å². The standard InChI is InChI=1S/C13H19F2N3O/c1-13(12(16)19,17-6-7-18(2)3)10-5-4-9(14)8-11(10)15/h4-5,8,17H,6-7H2,1-3H3,(H2,16,19). The van der Waals surface area contributed by atoms with Crippen molar-refractivity contribution >= 4 is 5.91 Å². The van der Waals surface area contributed by atoms with Crippen LogP contribution in [-0.2, 0) is 10.3 Å². The molecule has 3 N–H and O–H groups in total. The van der Waals surface area contributed by atoms with Gasteiger partial charge in [0.15, 0.2) is 0 Å². The lowest BCUT2D eigenvalue weighted by molar-refractivity contribution is -0.124. The summed E-state index contributed by atoms with van der Waals surface area (Å²) >= 11 is 0. The quantitative estimate of drug-likeness (QED) is 0.805. The number of rotatable bonds is 6. The Bertz CT molecular complexity index is 465. The minimum absolute atomic E-state index is 0.0418. The highest BCUT2D eigenvalue weighted by Crippen LogP contribution is 2.24. The summed E-state index contributed by atoms with van der Waals surface area (Å²) in [5, 5.41) is 2.92. The highest BCUT2D eigenvalue weighted by atomic mass is 19.1. The first-order chi connectivity index (χ1) is 8.77. The van der Waals surface area contributed by atoms with Gasteiger partial charge in [0.05, 0.1) is 0 Å². The van der Waals surface area contributed by atoms with Gasteiger partial charge in [-0.25, -0.2) is 8.78 Å². The van der Waals surface area contributed by atoms with Crippen molar-refractivity contribution < 1.29 is 13.6 Å². The number of hydrogen-bond acceptors (Lipinski definition) is 3.